The molecule has 4 rings (SSSR count). The second kappa shape index (κ2) is 7.16. The minimum absolute atomic E-state index is 0.192. The summed E-state index contributed by atoms with van der Waals surface area (Å²) in [6.45, 7) is 4.67. The fraction of sp³-hybridized carbons (Fsp3) is 0.353. The van der Waals surface area contributed by atoms with Crippen molar-refractivity contribution >= 4 is 23.3 Å². The molecule has 0 saturated carbocycles. The van der Waals surface area contributed by atoms with Crippen molar-refractivity contribution in [2.45, 2.75) is 6.92 Å². The van der Waals surface area contributed by atoms with Crippen LogP contribution in [0, 0.1) is 0 Å². The Morgan fingerprint density at radius 2 is 2.04 bits per heavy atom. The highest BCUT2D eigenvalue weighted by Crippen LogP contribution is 2.26. The molecule has 140 valence electrons. The lowest BCUT2D eigenvalue weighted by Crippen LogP contribution is -2.37. The highest BCUT2D eigenvalue weighted by atomic mass is 16.5. The molecule has 0 spiro atoms. The normalized spacial score (nSPS) is 14.5. The number of carbonyl (C=O) groups is 1. The van der Waals surface area contributed by atoms with E-state index >= 15 is 0 Å². The van der Waals surface area contributed by atoms with E-state index < -0.39 is 5.97 Å². The first-order valence-corrected chi connectivity index (χ1v) is 8.64. The lowest BCUT2D eigenvalue weighted by Gasteiger charge is -2.28. The minimum atomic E-state index is -0.466. The van der Waals surface area contributed by atoms with E-state index in [2.05, 4.69) is 20.0 Å². The molecule has 4 heterocycles. The molecule has 0 aromatic carbocycles. The lowest BCUT2D eigenvalue weighted by atomic mass is 10.2. The van der Waals surface area contributed by atoms with E-state index in [1.165, 1.54) is 0 Å². The Labute approximate surface area is 154 Å². The van der Waals surface area contributed by atoms with Crippen molar-refractivity contribution < 1.29 is 14.3 Å². The number of aromatic nitrogens is 5. The van der Waals surface area contributed by atoms with Crippen LogP contribution >= 0.6 is 0 Å². The van der Waals surface area contributed by atoms with E-state index in [0.717, 1.165) is 11.3 Å². The summed E-state index contributed by atoms with van der Waals surface area (Å²) < 4.78 is 12.1. The average Bonchev–Trinajstić information content (AvgIpc) is 3.13. The fourth-order valence-corrected chi connectivity index (χ4v) is 2.90. The Kier molecular flexibility index (Phi) is 4.55. The number of rotatable bonds is 4. The van der Waals surface area contributed by atoms with Gasteiger partial charge in [-0.1, -0.05) is 0 Å². The Morgan fingerprint density at radius 3 is 2.74 bits per heavy atom. The summed E-state index contributed by atoms with van der Waals surface area (Å²) in [6.07, 6.45) is 4.95. The fourth-order valence-electron chi connectivity index (χ4n) is 2.90. The van der Waals surface area contributed by atoms with Gasteiger partial charge in [0.25, 0.3) is 0 Å². The van der Waals surface area contributed by atoms with Gasteiger partial charge in [0.1, 0.15) is 5.52 Å². The number of nitrogens with two attached hydrogens (primary N) is 1. The summed E-state index contributed by atoms with van der Waals surface area (Å²) in [6, 6.07) is 1.69. The Morgan fingerprint density at radius 1 is 1.30 bits per heavy atom. The first-order valence-electron chi connectivity index (χ1n) is 8.64. The van der Waals surface area contributed by atoms with Gasteiger partial charge < -0.3 is 20.1 Å². The van der Waals surface area contributed by atoms with Crippen LogP contribution in [0.4, 0.5) is 11.8 Å². The highest BCUT2D eigenvalue weighted by Gasteiger charge is 2.21. The predicted octanol–water partition coefficient (Wildman–Crippen LogP) is 0.782. The molecule has 10 heteroatoms. The number of ether oxygens (including phenoxy) is 2. The van der Waals surface area contributed by atoms with Gasteiger partial charge in [0.2, 0.25) is 5.95 Å². The quantitative estimate of drug-likeness (QED) is 0.665. The molecular weight excluding hydrogens is 350 g/mol. The number of morpholine rings is 1. The zero-order valence-corrected chi connectivity index (χ0v) is 14.8. The molecule has 1 aliphatic rings. The summed E-state index contributed by atoms with van der Waals surface area (Å²) >= 11 is 0. The molecule has 27 heavy (non-hydrogen) atoms. The number of hydrogen-bond acceptors (Lipinski definition) is 9. The third kappa shape index (κ3) is 3.38. The van der Waals surface area contributed by atoms with E-state index in [-0.39, 0.29) is 18.2 Å². The van der Waals surface area contributed by atoms with Crippen LogP contribution in [-0.2, 0) is 9.47 Å². The molecule has 10 nitrogen and oxygen atoms in total. The van der Waals surface area contributed by atoms with Crippen molar-refractivity contribution in [2.24, 2.45) is 0 Å². The van der Waals surface area contributed by atoms with Gasteiger partial charge >= 0.3 is 5.97 Å². The van der Waals surface area contributed by atoms with Gasteiger partial charge in [0.15, 0.2) is 11.5 Å². The molecular formula is C17H19N7O3. The molecule has 1 saturated heterocycles. The number of esters is 1. The van der Waals surface area contributed by atoms with Crippen molar-refractivity contribution in [1.82, 2.24) is 24.6 Å². The van der Waals surface area contributed by atoms with Crippen molar-refractivity contribution in [3.05, 3.63) is 30.4 Å². The molecule has 0 amide bonds. The number of anilines is 2. The van der Waals surface area contributed by atoms with Crippen LogP contribution in [0.2, 0.25) is 0 Å². The van der Waals surface area contributed by atoms with Crippen LogP contribution in [0.15, 0.2) is 24.7 Å². The lowest BCUT2D eigenvalue weighted by molar-refractivity contribution is 0.0519. The second-order valence-corrected chi connectivity index (χ2v) is 5.96. The van der Waals surface area contributed by atoms with Gasteiger partial charge in [-0.3, -0.25) is 0 Å². The minimum Gasteiger partial charge on any atom is -0.461 e. The number of hydrogen-bond donors (Lipinski definition) is 1. The van der Waals surface area contributed by atoms with Crippen LogP contribution < -0.4 is 10.6 Å². The molecule has 0 bridgehead atoms. The number of nitrogens with zero attached hydrogens (tertiary/aromatic N) is 6. The Balaban J connectivity index is 1.84. The largest absolute Gasteiger partial charge is 0.461 e. The SMILES string of the molecule is CCOC(=O)c1cc2c(N3CCOCC3)nc(-c3cnc(N)nc3)cn2n1. The zero-order valence-electron chi connectivity index (χ0n) is 14.8. The summed E-state index contributed by atoms with van der Waals surface area (Å²) in [5.41, 5.74) is 7.86. The summed E-state index contributed by atoms with van der Waals surface area (Å²) in [5, 5.41) is 4.37. The standard InChI is InChI=1S/C17H19N7O3/c1-2-27-16(25)12-7-14-15(23-3-5-26-6-4-23)21-13(10-24(14)22-12)11-8-19-17(18)20-9-11/h7-10H,2-6H2,1H3,(H2,18,19,20). The third-order valence-electron chi connectivity index (χ3n) is 4.20. The average molecular weight is 369 g/mol. The van der Waals surface area contributed by atoms with Crippen molar-refractivity contribution in [3.63, 3.8) is 0 Å². The maximum absolute atomic E-state index is 12.1. The van der Waals surface area contributed by atoms with Crippen molar-refractivity contribution in [3.8, 4) is 11.3 Å². The Bertz CT molecular complexity index is 965. The number of fused-ring (bicyclic) bond motifs is 1. The van der Waals surface area contributed by atoms with E-state index in [1.54, 1.807) is 36.1 Å². The first-order chi connectivity index (χ1) is 13.2. The summed E-state index contributed by atoms with van der Waals surface area (Å²) in [7, 11) is 0. The molecule has 3 aromatic rings. The maximum Gasteiger partial charge on any atom is 0.358 e. The van der Waals surface area contributed by atoms with E-state index in [0.29, 0.717) is 37.6 Å². The van der Waals surface area contributed by atoms with Gasteiger partial charge in [0.05, 0.1) is 31.7 Å². The molecule has 1 aliphatic heterocycles. The Hall–Kier alpha value is -3.27. The van der Waals surface area contributed by atoms with Crippen LogP contribution in [0.3, 0.4) is 0 Å². The molecule has 0 unspecified atom stereocenters. The molecule has 0 radical (unpaired) electrons. The van der Waals surface area contributed by atoms with Gasteiger partial charge in [0, 0.05) is 37.1 Å². The zero-order chi connectivity index (χ0) is 18.8. The van der Waals surface area contributed by atoms with E-state index in [4.69, 9.17) is 20.2 Å². The van der Waals surface area contributed by atoms with E-state index in [1.807, 2.05) is 0 Å². The van der Waals surface area contributed by atoms with Gasteiger partial charge in [-0.2, -0.15) is 5.10 Å². The van der Waals surface area contributed by atoms with Crippen molar-refractivity contribution in [1.29, 1.82) is 0 Å². The highest BCUT2D eigenvalue weighted by molar-refractivity contribution is 5.90. The maximum atomic E-state index is 12.1. The number of nitrogen functional groups attached to an aromatic ring is 1. The van der Waals surface area contributed by atoms with Crippen LogP contribution in [-0.4, -0.2) is 63.4 Å². The predicted molar refractivity (Wildman–Crippen MR) is 97.4 cm³/mol. The van der Waals surface area contributed by atoms with E-state index in [9.17, 15) is 4.79 Å². The van der Waals surface area contributed by atoms with Crippen LogP contribution in [0.5, 0.6) is 0 Å². The number of carbonyl (C=O) groups excluding carboxylic acids is 1. The second-order valence-electron chi connectivity index (χ2n) is 5.96. The summed E-state index contributed by atoms with van der Waals surface area (Å²) in [5.74, 6) is 0.444. The topological polar surface area (TPSA) is 121 Å². The van der Waals surface area contributed by atoms with Gasteiger partial charge in [-0.05, 0) is 6.92 Å². The first kappa shape index (κ1) is 17.2. The van der Waals surface area contributed by atoms with Gasteiger partial charge in [-0.25, -0.2) is 24.3 Å². The molecule has 2 N–H and O–H groups in total. The molecule has 1 fully saturated rings. The van der Waals surface area contributed by atoms with Crippen LogP contribution in [0.25, 0.3) is 16.8 Å². The van der Waals surface area contributed by atoms with Crippen LogP contribution in [0.1, 0.15) is 17.4 Å². The molecule has 3 aromatic heterocycles. The summed E-state index contributed by atoms with van der Waals surface area (Å²) in [4.78, 5) is 27.0. The smallest absolute Gasteiger partial charge is 0.358 e. The molecule has 0 aliphatic carbocycles. The van der Waals surface area contributed by atoms with Crippen molar-refractivity contribution in [2.75, 3.05) is 43.5 Å². The monoisotopic (exact) mass is 369 g/mol. The third-order valence-corrected chi connectivity index (χ3v) is 4.20. The van der Waals surface area contributed by atoms with Gasteiger partial charge in [-0.15, -0.1) is 0 Å². The molecule has 0 atom stereocenters.